The topological polar surface area (TPSA) is 93.1 Å². The molecule has 0 saturated carbocycles. The number of ether oxygens (including phenoxy) is 2. The Labute approximate surface area is 101 Å². The summed E-state index contributed by atoms with van der Waals surface area (Å²) in [4.78, 5) is 10.9. The molecular weight excluding hydrogens is 250 g/mol. The second-order valence-corrected chi connectivity index (χ2v) is 5.35. The first kappa shape index (κ1) is 16.3. The third-order valence-electron chi connectivity index (χ3n) is 2.08. The fourth-order valence-electron chi connectivity index (χ4n) is 1.14. The maximum absolute atomic E-state index is 11.8. The van der Waals surface area contributed by atoms with Crippen LogP contribution in [0.2, 0.25) is 0 Å². The van der Waals surface area contributed by atoms with Crippen LogP contribution in [0.1, 0.15) is 6.42 Å². The summed E-state index contributed by atoms with van der Waals surface area (Å²) in [6.07, 6.45) is -0.201. The number of carbonyl (C=O) groups excluding carboxylic acids is 1. The first-order valence-electron chi connectivity index (χ1n) is 5.12. The molecule has 102 valence electrons. The minimum atomic E-state index is -3.57. The van der Waals surface area contributed by atoms with Crippen molar-refractivity contribution in [3.63, 3.8) is 0 Å². The van der Waals surface area contributed by atoms with Gasteiger partial charge in [-0.05, 0) is 0 Å². The average molecular weight is 269 g/mol. The lowest BCUT2D eigenvalue weighted by Gasteiger charge is -2.20. The normalized spacial score (nSPS) is 11.8. The lowest BCUT2D eigenvalue weighted by atomic mass is 10.5. The summed E-state index contributed by atoms with van der Waals surface area (Å²) in [5.74, 6) is -0.909. The molecule has 0 aromatic heterocycles. The van der Waals surface area contributed by atoms with Gasteiger partial charge in [0.1, 0.15) is 0 Å². The fourth-order valence-corrected chi connectivity index (χ4v) is 2.53. The molecule has 17 heavy (non-hydrogen) atoms. The van der Waals surface area contributed by atoms with Crippen LogP contribution in [-0.2, 0) is 24.3 Å². The summed E-state index contributed by atoms with van der Waals surface area (Å²) >= 11 is 0. The maximum atomic E-state index is 11.8. The zero-order valence-electron chi connectivity index (χ0n) is 10.1. The van der Waals surface area contributed by atoms with E-state index < -0.39 is 16.0 Å². The minimum Gasteiger partial charge on any atom is -0.469 e. The summed E-state index contributed by atoms with van der Waals surface area (Å²) < 4.78 is 33.8. The van der Waals surface area contributed by atoms with Crippen LogP contribution in [-0.4, -0.2) is 70.1 Å². The van der Waals surface area contributed by atoms with Crippen LogP contribution in [0.25, 0.3) is 0 Å². The van der Waals surface area contributed by atoms with Gasteiger partial charge < -0.3 is 14.6 Å². The summed E-state index contributed by atoms with van der Waals surface area (Å²) in [5, 5.41) is 8.78. The van der Waals surface area contributed by atoms with Gasteiger partial charge in [0.25, 0.3) is 0 Å². The second kappa shape index (κ2) is 8.40. The molecule has 0 saturated heterocycles. The monoisotopic (exact) mass is 269 g/mol. The van der Waals surface area contributed by atoms with Crippen molar-refractivity contribution in [2.24, 2.45) is 0 Å². The van der Waals surface area contributed by atoms with Crippen molar-refractivity contribution < 1.29 is 27.8 Å². The Morgan fingerprint density at radius 3 is 2.41 bits per heavy atom. The SMILES string of the molecule is COCCN(CCO)S(=O)(=O)CCC(=O)OC. The van der Waals surface area contributed by atoms with Gasteiger partial charge in [0.15, 0.2) is 0 Å². The quantitative estimate of drug-likeness (QED) is 0.530. The molecule has 0 aliphatic carbocycles. The highest BCUT2D eigenvalue weighted by molar-refractivity contribution is 7.89. The largest absolute Gasteiger partial charge is 0.469 e. The Bertz CT molecular complexity index is 315. The maximum Gasteiger partial charge on any atom is 0.306 e. The van der Waals surface area contributed by atoms with Gasteiger partial charge in [-0.3, -0.25) is 4.79 Å². The number of esters is 1. The van der Waals surface area contributed by atoms with Crippen molar-refractivity contribution in [2.75, 3.05) is 46.3 Å². The van der Waals surface area contributed by atoms with Crippen molar-refractivity contribution in [2.45, 2.75) is 6.42 Å². The zero-order valence-corrected chi connectivity index (χ0v) is 10.9. The van der Waals surface area contributed by atoms with Gasteiger partial charge in [0.05, 0.1) is 32.5 Å². The molecule has 0 aliphatic rings. The van der Waals surface area contributed by atoms with Crippen molar-refractivity contribution in [3.05, 3.63) is 0 Å². The predicted molar refractivity (Wildman–Crippen MR) is 61.0 cm³/mol. The molecule has 1 N–H and O–H groups in total. The van der Waals surface area contributed by atoms with E-state index in [1.165, 1.54) is 14.2 Å². The summed E-state index contributed by atoms with van der Waals surface area (Å²) in [6.45, 7) is 0.103. The number of nitrogens with zero attached hydrogens (tertiary/aromatic N) is 1. The fraction of sp³-hybridized carbons (Fsp3) is 0.889. The van der Waals surface area contributed by atoms with Gasteiger partial charge in [-0.2, -0.15) is 4.31 Å². The molecule has 7 nitrogen and oxygen atoms in total. The Kier molecular flexibility index (Phi) is 8.05. The molecule has 0 bridgehead atoms. The molecule has 8 heteroatoms. The molecule has 0 heterocycles. The number of sulfonamides is 1. The Balaban J connectivity index is 4.43. The molecule has 0 rings (SSSR count). The molecule has 0 spiro atoms. The number of hydrogen-bond donors (Lipinski definition) is 1. The number of methoxy groups -OCH3 is 2. The molecule has 0 aromatic rings. The van der Waals surface area contributed by atoms with E-state index in [1.807, 2.05) is 0 Å². The highest BCUT2D eigenvalue weighted by atomic mass is 32.2. The molecule has 0 radical (unpaired) electrons. The Morgan fingerprint density at radius 2 is 1.94 bits per heavy atom. The van der Waals surface area contributed by atoms with Crippen molar-refractivity contribution >= 4 is 16.0 Å². The highest BCUT2D eigenvalue weighted by Gasteiger charge is 2.22. The lowest BCUT2D eigenvalue weighted by molar-refractivity contribution is -0.140. The van der Waals surface area contributed by atoms with Crippen LogP contribution in [0.4, 0.5) is 0 Å². The summed E-state index contributed by atoms with van der Waals surface area (Å²) in [7, 11) is -0.913. The average Bonchev–Trinajstić information content (AvgIpc) is 2.31. The molecule has 0 aliphatic heterocycles. The molecule has 0 unspecified atom stereocenters. The number of rotatable bonds is 9. The molecule has 0 amide bonds. The Morgan fingerprint density at radius 1 is 1.29 bits per heavy atom. The zero-order chi connectivity index (χ0) is 13.3. The van der Waals surface area contributed by atoms with E-state index in [0.29, 0.717) is 0 Å². The van der Waals surface area contributed by atoms with Gasteiger partial charge >= 0.3 is 5.97 Å². The van der Waals surface area contributed by atoms with E-state index in [9.17, 15) is 13.2 Å². The smallest absolute Gasteiger partial charge is 0.306 e. The number of aliphatic hydroxyl groups is 1. The van der Waals surface area contributed by atoms with E-state index in [0.717, 1.165) is 4.31 Å². The van der Waals surface area contributed by atoms with Crippen LogP contribution < -0.4 is 0 Å². The van der Waals surface area contributed by atoms with Gasteiger partial charge in [-0.15, -0.1) is 0 Å². The third-order valence-corrected chi connectivity index (χ3v) is 3.95. The van der Waals surface area contributed by atoms with Crippen LogP contribution in [0.3, 0.4) is 0 Å². The number of aliphatic hydroxyl groups excluding tert-OH is 1. The van der Waals surface area contributed by atoms with Crippen molar-refractivity contribution in [1.29, 1.82) is 0 Å². The first-order valence-corrected chi connectivity index (χ1v) is 6.73. The predicted octanol–water partition coefficient (Wildman–Crippen LogP) is -1.18. The standard InChI is InChI=1S/C9H19NO6S/c1-15-7-5-10(4-6-11)17(13,14)8-3-9(12)16-2/h11H,3-8H2,1-2H3. The second-order valence-electron chi connectivity index (χ2n) is 3.26. The van der Waals surface area contributed by atoms with E-state index in [2.05, 4.69) is 4.74 Å². The van der Waals surface area contributed by atoms with Gasteiger partial charge in [-0.25, -0.2) is 8.42 Å². The van der Waals surface area contributed by atoms with Crippen LogP contribution in [0.15, 0.2) is 0 Å². The third kappa shape index (κ3) is 6.57. The van der Waals surface area contributed by atoms with Crippen LogP contribution in [0.5, 0.6) is 0 Å². The van der Waals surface area contributed by atoms with Crippen molar-refractivity contribution in [3.8, 4) is 0 Å². The van der Waals surface area contributed by atoms with Gasteiger partial charge in [0, 0.05) is 20.2 Å². The first-order chi connectivity index (χ1) is 7.97. The summed E-state index contributed by atoms with van der Waals surface area (Å²) in [6, 6.07) is 0. The van der Waals surface area contributed by atoms with Crippen LogP contribution in [0, 0.1) is 0 Å². The molecule has 0 fully saturated rings. The molecule has 0 aromatic carbocycles. The van der Waals surface area contributed by atoms with E-state index in [-0.39, 0.29) is 38.5 Å². The number of hydrogen-bond acceptors (Lipinski definition) is 6. The highest BCUT2D eigenvalue weighted by Crippen LogP contribution is 2.03. The van der Waals surface area contributed by atoms with Gasteiger partial charge in [0.2, 0.25) is 10.0 Å². The Hall–Kier alpha value is -0.700. The van der Waals surface area contributed by atoms with E-state index in [1.54, 1.807) is 0 Å². The van der Waals surface area contributed by atoms with E-state index in [4.69, 9.17) is 9.84 Å². The van der Waals surface area contributed by atoms with Gasteiger partial charge in [-0.1, -0.05) is 0 Å². The molecule has 0 atom stereocenters. The van der Waals surface area contributed by atoms with E-state index >= 15 is 0 Å². The lowest BCUT2D eigenvalue weighted by Crippen LogP contribution is -2.38. The molecular formula is C9H19NO6S. The van der Waals surface area contributed by atoms with Crippen molar-refractivity contribution in [1.82, 2.24) is 4.31 Å². The summed E-state index contributed by atoms with van der Waals surface area (Å²) in [5.41, 5.74) is 0. The minimum absolute atomic E-state index is 0.00708. The van der Waals surface area contributed by atoms with Crippen LogP contribution >= 0.6 is 0 Å². The number of carbonyl (C=O) groups is 1.